The molecule has 24 heteroatoms. The highest BCUT2D eigenvalue weighted by Crippen LogP contribution is 2.42. The van der Waals surface area contributed by atoms with Gasteiger partial charge in [-0.2, -0.15) is 36.3 Å². The van der Waals surface area contributed by atoms with Crippen LogP contribution in [0.25, 0.3) is 11.3 Å². The summed E-state index contributed by atoms with van der Waals surface area (Å²) in [6.07, 6.45) is 5.22. The van der Waals surface area contributed by atoms with Crippen molar-refractivity contribution in [2.24, 2.45) is 10.8 Å². The molecule has 17 nitrogen and oxygen atoms in total. The number of nitrogens with one attached hydrogen (secondary N) is 2. The van der Waals surface area contributed by atoms with Crippen LogP contribution < -0.4 is 15.5 Å². The van der Waals surface area contributed by atoms with Gasteiger partial charge in [0.25, 0.3) is 11.8 Å². The minimum Gasteiger partial charge on any atom is -0.396 e. The number of piperidine rings is 3. The molecule has 10 rings (SSSR count). The van der Waals surface area contributed by atoms with Gasteiger partial charge < -0.3 is 45.3 Å². The van der Waals surface area contributed by atoms with Gasteiger partial charge in [0.2, 0.25) is 11.9 Å². The van der Waals surface area contributed by atoms with Crippen molar-refractivity contribution in [2.45, 2.75) is 134 Å². The standard InChI is InChI=1S/C30H40F3N7O2.C20H23BrN6O.C11H19F3O/c1-37-17-10-24(11-18-37)38(2)27(42)22-6-8-23(9-7-22)34-28-35-26-25(5-3-16-40(26)36-28)39-19-14-29(21-41,15-20-39)12-4-13-30(31,32)33;1-25-12-9-16(10-13-25)26(2)19(28)14-5-7-15(8-6-14)22-20-23-18-17(21)4-3-11-27(18)24-20;12-11(13,14)8-4-7-10(9-15)5-2-1-3-6-10/h3,5-9,16,24,41H,4,10-15,17-21H2,1-2H3,(H,34,36);3-8,11,16H,9-10,12-13H2,1-2H3,(H,22,24);15H,1-9H2. The van der Waals surface area contributed by atoms with Gasteiger partial charge in [0.15, 0.2) is 11.3 Å². The molecule has 3 aliphatic heterocycles. The Hall–Kier alpha value is -6.08. The number of alkyl halides is 6. The lowest BCUT2D eigenvalue weighted by atomic mass is 9.71. The van der Waals surface area contributed by atoms with Crippen LogP contribution in [0.15, 0.2) is 89.7 Å². The Morgan fingerprint density at radius 1 is 0.600 bits per heavy atom. The number of rotatable bonds is 17. The molecule has 4 aliphatic rings. The second-order valence-electron chi connectivity index (χ2n) is 23.8. The topological polar surface area (TPSA) is 175 Å². The molecule has 7 heterocycles. The van der Waals surface area contributed by atoms with Gasteiger partial charge in [0, 0.05) is 100 Å². The first-order chi connectivity index (χ1) is 40.5. The summed E-state index contributed by atoms with van der Waals surface area (Å²) in [4.78, 5) is 45.5. The van der Waals surface area contributed by atoms with Crippen LogP contribution in [-0.4, -0.2) is 176 Å². The number of fused-ring (bicyclic) bond motifs is 2. The quantitative estimate of drug-likeness (QED) is 0.0636. The van der Waals surface area contributed by atoms with Crippen molar-refractivity contribution in [3.05, 3.63) is 101 Å². The van der Waals surface area contributed by atoms with E-state index in [1.807, 2.05) is 109 Å². The van der Waals surface area contributed by atoms with Crippen molar-refractivity contribution in [3.8, 4) is 0 Å². The molecule has 464 valence electrons. The van der Waals surface area contributed by atoms with E-state index >= 15 is 0 Å². The number of anilines is 5. The number of hydrogen-bond donors (Lipinski definition) is 4. The van der Waals surface area contributed by atoms with Gasteiger partial charge in [-0.1, -0.05) is 19.3 Å². The highest BCUT2D eigenvalue weighted by molar-refractivity contribution is 9.10. The summed E-state index contributed by atoms with van der Waals surface area (Å²) in [5, 5.41) is 34.7. The van der Waals surface area contributed by atoms with Crippen molar-refractivity contribution >= 4 is 68.0 Å². The van der Waals surface area contributed by atoms with E-state index in [1.54, 1.807) is 9.03 Å². The van der Waals surface area contributed by atoms with Crippen LogP contribution >= 0.6 is 15.9 Å². The fourth-order valence-electron chi connectivity index (χ4n) is 12.1. The highest BCUT2D eigenvalue weighted by atomic mass is 79.9. The number of nitrogens with zero attached hydrogens (tertiary/aromatic N) is 11. The second-order valence-corrected chi connectivity index (χ2v) is 24.6. The molecular weight excluding hydrogens is 1170 g/mol. The summed E-state index contributed by atoms with van der Waals surface area (Å²) in [5.74, 6) is 1.00. The molecule has 4 aromatic heterocycles. The molecule has 0 radical (unpaired) electrons. The summed E-state index contributed by atoms with van der Waals surface area (Å²) >= 11 is 3.47. The van der Waals surface area contributed by atoms with E-state index in [-0.39, 0.29) is 49.3 Å². The molecule has 0 spiro atoms. The number of carbonyl (C=O) groups excluding carboxylic acids is 2. The van der Waals surface area contributed by atoms with Gasteiger partial charge in [0.1, 0.15) is 0 Å². The van der Waals surface area contributed by atoms with E-state index in [2.05, 4.69) is 70.5 Å². The lowest BCUT2D eigenvalue weighted by molar-refractivity contribution is -0.138. The minimum atomic E-state index is -4.17. The zero-order valence-electron chi connectivity index (χ0n) is 49.2. The monoisotopic (exact) mass is 1250 g/mol. The first-order valence-corrected chi connectivity index (χ1v) is 30.5. The Bertz CT molecular complexity index is 3080. The zero-order valence-corrected chi connectivity index (χ0v) is 50.8. The van der Waals surface area contributed by atoms with Gasteiger partial charge in [-0.05, 0) is 217 Å². The van der Waals surface area contributed by atoms with Crippen LogP contribution in [-0.2, 0) is 0 Å². The smallest absolute Gasteiger partial charge is 0.389 e. The Labute approximate surface area is 502 Å². The van der Waals surface area contributed by atoms with Crippen molar-refractivity contribution < 1.29 is 46.1 Å². The maximum Gasteiger partial charge on any atom is 0.389 e. The van der Waals surface area contributed by atoms with E-state index in [0.29, 0.717) is 73.5 Å². The third kappa shape index (κ3) is 18.0. The molecule has 1 saturated carbocycles. The molecule has 1 aliphatic carbocycles. The number of likely N-dealkylation sites (tertiary alicyclic amines) is 2. The van der Waals surface area contributed by atoms with Crippen LogP contribution in [0.5, 0.6) is 0 Å². The molecule has 2 aromatic carbocycles. The SMILES string of the molecule is CN1CCC(N(C)C(=O)c2ccc(Nc3nc4c(Br)cccn4n3)cc2)CC1.CN1CCC(N(C)C(=O)c2ccc(Nc3nc4c(N5CCC(CO)(CCCC(F)(F)F)CC5)cccn4n3)cc2)CC1.OCC1(CCCC(F)(F)F)CCCCC1. The van der Waals surface area contributed by atoms with Gasteiger partial charge in [-0.3, -0.25) is 9.59 Å². The average molecular weight is 1260 g/mol. The van der Waals surface area contributed by atoms with Crippen LogP contribution in [0, 0.1) is 10.8 Å². The zero-order chi connectivity index (χ0) is 60.9. The number of carbonyl (C=O) groups is 2. The maximum absolute atomic E-state index is 13.1. The molecule has 3 saturated heterocycles. The Balaban J connectivity index is 0.000000187. The summed E-state index contributed by atoms with van der Waals surface area (Å²) in [5.41, 5.74) is 4.54. The second kappa shape index (κ2) is 29.1. The molecule has 0 unspecified atom stereocenters. The third-order valence-electron chi connectivity index (χ3n) is 17.6. The van der Waals surface area contributed by atoms with Gasteiger partial charge >= 0.3 is 12.4 Å². The lowest BCUT2D eigenvalue weighted by Crippen LogP contribution is -2.44. The normalized spacial score (nSPS) is 18.1. The first-order valence-electron chi connectivity index (χ1n) is 29.7. The number of aromatic nitrogens is 6. The molecule has 4 N–H and O–H groups in total. The van der Waals surface area contributed by atoms with Gasteiger partial charge in [-0.25, -0.2) is 9.03 Å². The number of amides is 2. The van der Waals surface area contributed by atoms with Crippen LogP contribution in [0.3, 0.4) is 0 Å². The molecule has 0 atom stereocenters. The number of benzene rings is 2. The summed E-state index contributed by atoms with van der Waals surface area (Å²) < 4.78 is 78.2. The van der Waals surface area contributed by atoms with E-state index in [0.717, 1.165) is 111 Å². The van der Waals surface area contributed by atoms with E-state index < -0.39 is 30.6 Å². The summed E-state index contributed by atoms with van der Waals surface area (Å²) in [7, 11) is 8.01. The van der Waals surface area contributed by atoms with Gasteiger partial charge in [0.05, 0.1) is 10.2 Å². The molecule has 4 fully saturated rings. The lowest BCUT2D eigenvalue weighted by Gasteiger charge is -2.41. The molecule has 6 aromatic rings. The minimum absolute atomic E-state index is 0.0127. The Kier molecular flexibility index (Phi) is 22.2. The predicted octanol–water partition coefficient (Wildman–Crippen LogP) is 12.0. The number of aliphatic hydroxyl groups excluding tert-OH is 2. The Morgan fingerprint density at radius 2 is 1.01 bits per heavy atom. The van der Waals surface area contributed by atoms with Crippen molar-refractivity contribution in [3.63, 3.8) is 0 Å². The number of halogens is 7. The number of hydrogen-bond acceptors (Lipinski definition) is 13. The largest absolute Gasteiger partial charge is 0.396 e. The van der Waals surface area contributed by atoms with Crippen LogP contribution in [0.1, 0.15) is 130 Å². The highest BCUT2D eigenvalue weighted by Gasteiger charge is 2.37. The maximum atomic E-state index is 13.1. The molecule has 85 heavy (non-hydrogen) atoms. The molecular formula is C61H82BrF6N13O4. The number of aliphatic hydroxyl groups is 2. The third-order valence-corrected chi connectivity index (χ3v) is 18.2. The van der Waals surface area contributed by atoms with E-state index in [1.165, 1.54) is 0 Å². The van der Waals surface area contributed by atoms with E-state index in [9.17, 15) is 46.1 Å². The van der Waals surface area contributed by atoms with Crippen molar-refractivity contribution in [1.29, 1.82) is 0 Å². The average Bonchev–Trinajstić information content (AvgIpc) is 2.93. The van der Waals surface area contributed by atoms with Gasteiger partial charge in [-0.15, -0.1) is 10.2 Å². The predicted molar refractivity (Wildman–Crippen MR) is 322 cm³/mol. The summed E-state index contributed by atoms with van der Waals surface area (Å²) in [6, 6.07) is 23.0. The molecule has 0 bridgehead atoms. The molecule has 2 amide bonds. The Morgan fingerprint density at radius 3 is 1.44 bits per heavy atom. The van der Waals surface area contributed by atoms with Crippen LogP contribution in [0.2, 0.25) is 0 Å². The fraction of sp³-hybridized carbons (Fsp3) is 0.574. The van der Waals surface area contributed by atoms with E-state index in [4.69, 9.17) is 4.98 Å². The van der Waals surface area contributed by atoms with Crippen molar-refractivity contribution in [2.75, 3.05) is 96.2 Å². The van der Waals surface area contributed by atoms with Crippen LogP contribution in [0.4, 0.5) is 55.3 Å². The fourth-order valence-corrected chi connectivity index (χ4v) is 12.5. The summed E-state index contributed by atoms with van der Waals surface area (Å²) in [6.45, 7) is 5.22. The van der Waals surface area contributed by atoms with Crippen molar-refractivity contribution in [1.82, 2.24) is 48.8 Å². The number of pyridine rings is 2. The first kappa shape index (κ1) is 64.9.